The molecule has 0 bridgehead atoms. The van der Waals surface area contributed by atoms with Crippen molar-refractivity contribution >= 4 is 0 Å². The Morgan fingerprint density at radius 2 is 0.676 bits per heavy atom. The summed E-state index contributed by atoms with van der Waals surface area (Å²) in [7, 11) is 0. The zero-order valence-corrected chi connectivity index (χ0v) is 25.2. The van der Waals surface area contributed by atoms with Gasteiger partial charge in [-0.2, -0.15) is 49.2 Å². The first kappa shape index (κ1) is 34.4. The summed E-state index contributed by atoms with van der Waals surface area (Å²) in [5.74, 6) is 0. The molecule has 0 unspecified atom stereocenters. The molecule has 0 aromatic heterocycles. The number of benzene rings is 4. The average molecular weight is 574 g/mol. The van der Waals surface area contributed by atoms with E-state index in [-0.39, 0.29) is 50.2 Å². The average Bonchev–Trinajstić information content (AvgIpc) is 2.92. The molecule has 2 N–H and O–H groups in total. The van der Waals surface area contributed by atoms with Crippen molar-refractivity contribution in [1.82, 2.24) is 0 Å². The van der Waals surface area contributed by atoms with Crippen molar-refractivity contribution in [1.29, 1.82) is 0 Å². The molecular weight excluding hydrogens is 532 g/mol. The number of aliphatic hydroxyl groups excluding tert-OH is 2. The van der Waals surface area contributed by atoms with Gasteiger partial charge in [0.2, 0.25) is 0 Å². The maximum absolute atomic E-state index is 9.05. The zero-order chi connectivity index (χ0) is 26.9. The van der Waals surface area contributed by atoms with E-state index in [1.807, 2.05) is 149 Å². The summed E-state index contributed by atoms with van der Waals surface area (Å²) < 4.78 is 0. The summed E-state index contributed by atoms with van der Waals surface area (Å²) in [4.78, 5) is 0. The van der Waals surface area contributed by atoms with Gasteiger partial charge in [-0.25, -0.2) is 0 Å². The number of hydrogen-bond donors (Lipinski definition) is 2. The Kier molecular flexibility index (Phi) is 17.3. The maximum Gasteiger partial charge on any atom is 2.00 e. The van der Waals surface area contributed by atoms with Crippen LogP contribution in [0.1, 0.15) is 49.9 Å². The molecule has 3 heteroatoms. The van der Waals surface area contributed by atoms with Gasteiger partial charge in [0, 0.05) is 10.8 Å². The molecule has 0 fully saturated rings. The van der Waals surface area contributed by atoms with Crippen LogP contribution in [0.25, 0.3) is 0 Å². The second-order valence-electron chi connectivity index (χ2n) is 9.79. The number of rotatable bonds is 4. The Morgan fingerprint density at radius 3 is 0.838 bits per heavy atom. The fourth-order valence-electron chi connectivity index (χ4n) is 2.92. The molecule has 0 saturated heterocycles. The maximum atomic E-state index is 9.05. The Labute approximate surface area is 244 Å². The van der Waals surface area contributed by atoms with Crippen molar-refractivity contribution in [3.8, 4) is 0 Å². The fraction of sp³-hybridized carbons (Fsp3) is 0.235. The van der Waals surface area contributed by atoms with Gasteiger partial charge >= 0.3 is 26.2 Å². The van der Waals surface area contributed by atoms with Crippen LogP contribution in [0.5, 0.6) is 0 Å². The molecule has 4 aromatic rings. The largest absolute Gasteiger partial charge is 2.00 e. The number of hydrogen-bond acceptors (Lipinski definition) is 2. The van der Waals surface area contributed by atoms with Gasteiger partial charge in [0.1, 0.15) is 0 Å². The van der Waals surface area contributed by atoms with E-state index in [0.29, 0.717) is 0 Å². The van der Waals surface area contributed by atoms with Crippen molar-refractivity contribution in [2.24, 2.45) is 0 Å². The van der Waals surface area contributed by atoms with Crippen LogP contribution in [-0.2, 0) is 37.0 Å². The van der Waals surface area contributed by atoms with E-state index >= 15 is 0 Å². The van der Waals surface area contributed by atoms with Gasteiger partial charge in [0.15, 0.2) is 0 Å². The molecule has 0 aliphatic heterocycles. The molecule has 0 aliphatic carbocycles. The van der Waals surface area contributed by atoms with Crippen LogP contribution in [0.2, 0.25) is 0 Å². The molecule has 4 rings (SSSR count). The summed E-state index contributed by atoms with van der Waals surface area (Å²) >= 11 is 0. The van der Waals surface area contributed by atoms with E-state index < -0.39 is 0 Å². The Hall–Kier alpha value is -2.58. The molecule has 0 spiro atoms. The summed E-state index contributed by atoms with van der Waals surface area (Å²) in [5, 5.41) is 18.1. The summed E-state index contributed by atoms with van der Waals surface area (Å²) in [6.07, 6.45) is 0. The van der Waals surface area contributed by atoms with E-state index in [2.05, 4.69) is 13.8 Å². The van der Waals surface area contributed by atoms with Gasteiger partial charge in [0.05, 0.1) is 13.2 Å². The molecule has 37 heavy (non-hydrogen) atoms. The van der Waals surface area contributed by atoms with Crippen LogP contribution in [0.15, 0.2) is 121 Å². The third kappa shape index (κ3) is 14.7. The summed E-state index contributed by atoms with van der Waals surface area (Å²) in [6.45, 7) is 15.9. The Balaban J connectivity index is 0.000000473. The Morgan fingerprint density at radius 1 is 0.459 bits per heavy atom. The predicted octanol–water partition coefficient (Wildman–Crippen LogP) is 7.65. The first-order valence-corrected chi connectivity index (χ1v) is 12.2. The SMILES string of the molecule is CC(C)(CO)c1ccccc1.CC(C)(CO)c1ccccc1.[CH2-]c1ccccc1.[CH2-]c1ccccc1.[Zr+2]. The van der Waals surface area contributed by atoms with E-state index in [4.69, 9.17) is 10.2 Å². The van der Waals surface area contributed by atoms with Crippen LogP contribution in [0.4, 0.5) is 0 Å². The van der Waals surface area contributed by atoms with Crippen LogP contribution in [0.3, 0.4) is 0 Å². The van der Waals surface area contributed by atoms with Crippen LogP contribution in [-0.4, -0.2) is 23.4 Å². The van der Waals surface area contributed by atoms with E-state index in [1.165, 1.54) is 11.1 Å². The fourth-order valence-corrected chi connectivity index (χ4v) is 2.92. The van der Waals surface area contributed by atoms with E-state index in [0.717, 1.165) is 11.1 Å². The minimum Gasteiger partial charge on any atom is -0.395 e. The molecule has 0 atom stereocenters. The standard InChI is InChI=1S/2C10H14O.2C7H7.Zr/c2*1-10(2,8-11)9-6-4-3-5-7-9;2*1-7-5-3-2-4-6-7;/h2*3-7,11H,8H2,1-2H3;2*2-6H,1H2;/q;;2*-1;+2. The quantitative estimate of drug-likeness (QED) is 0.246. The van der Waals surface area contributed by atoms with Crippen LogP contribution < -0.4 is 0 Å². The zero-order valence-electron chi connectivity index (χ0n) is 22.8. The summed E-state index contributed by atoms with van der Waals surface area (Å²) in [5.41, 5.74) is 4.29. The normalized spacial score (nSPS) is 10.1. The minimum absolute atomic E-state index is 0. The van der Waals surface area contributed by atoms with E-state index in [9.17, 15) is 0 Å². The van der Waals surface area contributed by atoms with Gasteiger partial charge in [-0.1, -0.05) is 100 Å². The van der Waals surface area contributed by atoms with Gasteiger partial charge in [-0.15, -0.1) is 24.3 Å². The van der Waals surface area contributed by atoms with Crippen LogP contribution >= 0.6 is 0 Å². The third-order valence-corrected chi connectivity index (χ3v) is 5.59. The van der Waals surface area contributed by atoms with Gasteiger partial charge in [-0.3, -0.25) is 0 Å². The van der Waals surface area contributed by atoms with Crippen molar-refractivity contribution in [3.63, 3.8) is 0 Å². The molecule has 194 valence electrons. The minimum atomic E-state index is -0.110. The second-order valence-corrected chi connectivity index (χ2v) is 9.79. The van der Waals surface area contributed by atoms with E-state index in [1.54, 1.807) is 0 Å². The predicted molar refractivity (Wildman–Crippen MR) is 155 cm³/mol. The molecular formula is C34H42O2Zr. The summed E-state index contributed by atoms with van der Waals surface area (Å²) in [6, 6.07) is 39.8. The molecule has 0 aliphatic rings. The van der Waals surface area contributed by atoms with Crippen LogP contribution in [0, 0.1) is 13.8 Å². The van der Waals surface area contributed by atoms with Crippen molar-refractivity contribution in [2.75, 3.05) is 13.2 Å². The van der Waals surface area contributed by atoms with Gasteiger partial charge in [-0.05, 0) is 11.1 Å². The smallest absolute Gasteiger partial charge is 0.395 e. The van der Waals surface area contributed by atoms with Crippen molar-refractivity contribution in [2.45, 2.75) is 38.5 Å². The second kappa shape index (κ2) is 18.6. The molecule has 0 radical (unpaired) electrons. The molecule has 0 amide bonds. The molecule has 4 aromatic carbocycles. The monoisotopic (exact) mass is 572 g/mol. The third-order valence-electron chi connectivity index (χ3n) is 5.59. The topological polar surface area (TPSA) is 40.5 Å². The number of aliphatic hydroxyl groups is 2. The first-order chi connectivity index (χ1) is 17.1. The Bertz CT molecular complexity index is 959. The first-order valence-electron chi connectivity index (χ1n) is 12.2. The molecule has 0 saturated carbocycles. The molecule has 0 heterocycles. The van der Waals surface area contributed by atoms with Crippen molar-refractivity contribution in [3.05, 3.63) is 157 Å². The molecule has 2 nitrogen and oxygen atoms in total. The van der Waals surface area contributed by atoms with Gasteiger partial charge in [0.25, 0.3) is 0 Å². The van der Waals surface area contributed by atoms with Gasteiger partial charge < -0.3 is 10.2 Å². The van der Waals surface area contributed by atoms with Crippen molar-refractivity contribution < 1.29 is 36.4 Å².